The maximum atomic E-state index is 5.49. The van der Waals surface area contributed by atoms with Crippen LogP contribution >= 0.6 is 0 Å². The molecular weight excluding hydrogens is 214 g/mol. The summed E-state index contributed by atoms with van der Waals surface area (Å²) in [6.45, 7) is 4.87. The number of anilines is 1. The fourth-order valence-corrected chi connectivity index (χ4v) is 2.48. The van der Waals surface area contributed by atoms with Crippen molar-refractivity contribution in [2.24, 2.45) is 5.92 Å². The largest absolute Gasteiger partial charge is 0.381 e. The van der Waals surface area contributed by atoms with Gasteiger partial charge >= 0.3 is 0 Å². The number of aromatic nitrogens is 2. The number of aryl methyl sites for hydroxylation is 2. The monoisotopic (exact) mass is 235 g/mol. The normalized spacial score (nSPS) is 23.9. The van der Waals surface area contributed by atoms with Gasteiger partial charge in [0.05, 0.1) is 17.5 Å². The molecule has 17 heavy (non-hydrogen) atoms. The molecule has 94 valence electrons. The molecule has 4 nitrogen and oxygen atoms in total. The van der Waals surface area contributed by atoms with Crippen LogP contribution < -0.4 is 5.32 Å². The van der Waals surface area contributed by atoms with Gasteiger partial charge in [0.2, 0.25) is 0 Å². The van der Waals surface area contributed by atoms with E-state index in [1.165, 1.54) is 19.3 Å². The molecule has 2 atom stereocenters. The van der Waals surface area contributed by atoms with E-state index in [-0.39, 0.29) is 0 Å². The zero-order valence-electron chi connectivity index (χ0n) is 10.9. The highest BCUT2D eigenvalue weighted by molar-refractivity contribution is 5.39. The molecule has 0 aromatic carbocycles. The molecule has 1 aromatic rings. The topological polar surface area (TPSA) is 47.0 Å². The van der Waals surface area contributed by atoms with Gasteiger partial charge in [-0.3, -0.25) is 4.98 Å². The van der Waals surface area contributed by atoms with Crippen molar-refractivity contribution in [3.05, 3.63) is 17.6 Å². The average molecular weight is 235 g/mol. The molecule has 1 saturated carbocycles. The van der Waals surface area contributed by atoms with Crippen molar-refractivity contribution in [2.75, 3.05) is 19.0 Å². The van der Waals surface area contributed by atoms with Crippen LogP contribution in [0, 0.1) is 19.8 Å². The van der Waals surface area contributed by atoms with E-state index in [0.717, 1.165) is 23.8 Å². The third-order valence-electron chi connectivity index (χ3n) is 3.50. The Bertz CT molecular complexity index is 381. The molecule has 2 rings (SSSR count). The van der Waals surface area contributed by atoms with Gasteiger partial charge in [-0.15, -0.1) is 0 Å². The van der Waals surface area contributed by atoms with Gasteiger partial charge in [0.15, 0.2) is 0 Å². The highest BCUT2D eigenvalue weighted by atomic mass is 16.5. The summed E-state index contributed by atoms with van der Waals surface area (Å²) in [4.78, 5) is 8.78. The fourth-order valence-electron chi connectivity index (χ4n) is 2.48. The Hall–Kier alpha value is -1.16. The number of nitrogens with one attached hydrogen (secondary N) is 1. The lowest BCUT2D eigenvalue weighted by atomic mass is 10.1. The molecule has 0 saturated heterocycles. The zero-order chi connectivity index (χ0) is 12.3. The quantitative estimate of drug-likeness (QED) is 0.870. The molecule has 1 aliphatic carbocycles. The van der Waals surface area contributed by atoms with Crippen molar-refractivity contribution in [1.82, 2.24) is 9.97 Å². The maximum Gasteiger partial charge on any atom is 0.147 e. The van der Waals surface area contributed by atoms with Crippen molar-refractivity contribution in [1.29, 1.82) is 0 Å². The number of ether oxygens (including phenoxy) is 1. The first-order valence-electron chi connectivity index (χ1n) is 6.27. The van der Waals surface area contributed by atoms with Gasteiger partial charge in [-0.1, -0.05) is 6.42 Å². The van der Waals surface area contributed by atoms with E-state index in [2.05, 4.69) is 15.3 Å². The van der Waals surface area contributed by atoms with Crippen molar-refractivity contribution in [3.8, 4) is 0 Å². The standard InChI is InChI=1S/C13H21N3O/c1-9-7-14-10(2)13(16-9)15-8-11-5-4-6-12(11)17-3/h7,11-12H,4-6,8H2,1-3H3,(H,15,16)/t11-,12+/m1/s1. The Morgan fingerprint density at radius 1 is 1.41 bits per heavy atom. The average Bonchev–Trinajstić information content (AvgIpc) is 2.77. The van der Waals surface area contributed by atoms with Crippen LogP contribution in [0.2, 0.25) is 0 Å². The number of methoxy groups -OCH3 is 1. The molecule has 0 amide bonds. The number of hydrogen-bond donors (Lipinski definition) is 1. The first kappa shape index (κ1) is 12.3. The Morgan fingerprint density at radius 2 is 2.24 bits per heavy atom. The van der Waals surface area contributed by atoms with Crippen LogP contribution in [0.3, 0.4) is 0 Å². The van der Waals surface area contributed by atoms with Gasteiger partial charge in [-0.05, 0) is 26.7 Å². The van der Waals surface area contributed by atoms with Gasteiger partial charge in [-0.2, -0.15) is 0 Å². The third-order valence-corrected chi connectivity index (χ3v) is 3.50. The lowest BCUT2D eigenvalue weighted by Gasteiger charge is -2.19. The Kier molecular flexibility index (Phi) is 3.94. The van der Waals surface area contributed by atoms with Gasteiger partial charge in [0.1, 0.15) is 5.82 Å². The Morgan fingerprint density at radius 3 is 3.00 bits per heavy atom. The summed E-state index contributed by atoms with van der Waals surface area (Å²) in [5.41, 5.74) is 1.91. The molecule has 4 heteroatoms. The summed E-state index contributed by atoms with van der Waals surface area (Å²) in [6, 6.07) is 0. The number of nitrogens with zero attached hydrogens (tertiary/aromatic N) is 2. The van der Waals surface area contributed by atoms with Gasteiger partial charge in [0, 0.05) is 25.8 Å². The minimum Gasteiger partial charge on any atom is -0.381 e. The molecule has 0 unspecified atom stereocenters. The SMILES string of the molecule is CO[C@H]1CCC[C@@H]1CNc1nc(C)cnc1C. The van der Waals surface area contributed by atoms with Crippen LogP contribution in [0.15, 0.2) is 6.20 Å². The molecule has 1 heterocycles. The molecule has 0 aliphatic heterocycles. The second kappa shape index (κ2) is 5.45. The summed E-state index contributed by atoms with van der Waals surface area (Å²) in [7, 11) is 1.81. The number of rotatable bonds is 4. The molecule has 0 radical (unpaired) electrons. The van der Waals surface area contributed by atoms with E-state index in [9.17, 15) is 0 Å². The van der Waals surface area contributed by atoms with E-state index in [1.807, 2.05) is 13.8 Å². The van der Waals surface area contributed by atoms with Crippen molar-refractivity contribution in [3.63, 3.8) is 0 Å². The number of hydrogen-bond acceptors (Lipinski definition) is 4. The predicted octanol–water partition coefficient (Wildman–Crippen LogP) is 2.32. The maximum absolute atomic E-state index is 5.49. The highest BCUT2D eigenvalue weighted by Crippen LogP contribution is 2.28. The second-order valence-corrected chi connectivity index (χ2v) is 4.79. The molecule has 1 fully saturated rings. The van der Waals surface area contributed by atoms with Crippen LogP contribution in [0.1, 0.15) is 30.7 Å². The van der Waals surface area contributed by atoms with E-state index in [1.54, 1.807) is 13.3 Å². The zero-order valence-corrected chi connectivity index (χ0v) is 10.9. The summed E-state index contributed by atoms with van der Waals surface area (Å²) in [5, 5.41) is 3.41. The lowest BCUT2D eigenvalue weighted by molar-refractivity contribution is 0.0755. The summed E-state index contributed by atoms with van der Waals surface area (Å²) < 4.78 is 5.49. The van der Waals surface area contributed by atoms with Crippen LogP contribution in [-0.4, -0.2) is 29.7 Å². The minimum atomic E-state index is 0.403. The van der Waals surface area contributed by atoms with Gasteiger partial charge < -0.3 is 10.1 Å². The third kappa shape index (κ3) is 2.94. The fraction of sp³-hybridized carbons (Fsp3) is 0.692. The summed E-state index contributed by atoms with van der Waals surface area (Å²) in [6.07, 6.45) is 5.89. The van der Waals surface area contributed by atoms with Crippen LogP contribution in [-0.2, 0) is 4.74 Å². The summed E-state index contributed by atoms with van der Waals surface area (Å²) in [5.74, 6) is 1.51. The first-order chi connectivity index (χ1) is 8.20. The molecule has 0 bridgehead atoms. The summed E-state index contributed by atoms with van der Waals surface area (Å²) >= 11 is 0. The van der Waals surface area contributed by atoms with E-state index >= 15 is 0 Å². The van der Waals surface area contributed by atoms with Crippen molar-refractivity contribution < 1.29 is 4.74 Å². The van der Waals surface area contributed by atoms with Gasteiger partial charge in [0.25, 0.3) is 0 Å². The van der Waals surface area contributed by atoms with E-state index in [0.29, 0.717) is 12.0 Å². The Labute approximate surface area is 103 Å². The molecule has 0 spiro atoms. The molecule has 1 aromatic heterocycles. The van der Waals surface area contributed by atoms with Crippen molar-refractivity contribution >= 4 is 5.82 Å². The molecule has 1 aliphatic rings. The Balaban J connectivity index is 1.95. The van der Waals surface area contributed by atoms with Gasteiger partial charge in [-0.25, -0.2) is 4.98 Å². The van der Waals surface area contributed by atoms with Crippen molar-refractivity contribution in [2.45, 2.75) is 39.2 Å². The molecule has 1 N–H and O–H groups in total. The minimum absolute atomic E-state index is 0.403. The second-order valence-electron chi connectivity index (χ2n) is 4.79. The van der Waals surface area contributed by atoms with Crippen LogP contribution in [0.5, 0.6) is 0 Å². The van der Waals surface area contributed by atoms with E-state index in [4.69, 9.17) is 4.74 Å². The van der Waals surface area contributed by atoms with Crippen LogP contribution in [0.4, 0.5) is 5.82 Å². The highest BCUT2D eigenvalue weighted by Gasteiger charge is 2.26. The first-order valence-corrected chi connectivity index (χ1v) is 6.27. The lowest BCUT2D eigenvalue weighted by Crippen LogP contribution is -2.24. The molecular formula is C13H21N3O. The predicted molar refractivity (Wildman–Crippen MR) is 68.1 cm³/mol. The van der Waals surface area contributed by atoms with E-state index < -0.39 is 0 Å². The smallest absolute Gasteiger partial charge is 0.147 e. The van der Waals surface area contributed by atoms with Crippen LogP contribution in [0.25, 0.3) is 0 Å².